The lowest BCUT2D eigenvalue weighted by Gasteiger charge is -2.34. The van der Waals surface area contributed by atoms with Crippen molar-refractivity contribution in [2.45, 2.75) is 43.4 Å². The molecule has 0 unspecified atom stereocenters. The number of hydrogen-bond donors (Lipinski definition) is 1. The molecule has 4 rings (SSSR count). The van der Waals surface area contributed by atoms with Crippen LogP contribution in [-0.2, 0) is 38.8 Å². The summed E-state index contributed by atoms with van der Waals surface area (Å²) in [4.78, 5) is 28.7. The Morgan fingerprint density at radius 3 is 2.13 bits per heavy atom. The van der Waals surface area contributed by atoms with E-state index >= 15 is 0 Å². The molecule has 2 amide bonds. The summed E-state index contributed by atoms with van der Waals surface area (Å²) in [5.41, 5.74) is -1.08. The molecule has 4 aromatic carbocycles. The van der Waals surface area contributed by atoms with Crippen molar-refractivity contribution in [3.8, 4) is 0 Å². The molecule has 0 aromatic heterocycles. The second-order valence-electron chi connectivity index (χ2n) is 10.6. The topological polar surface area (TPSA) is 86.8 Å². The first kappa shape index (κ1) is 35.4. The summed E-state index contributed by atoms with van der Waals surface area (Å²) in [6.45, 7) is 0.654. The fourth-order valence-corrected chi connectivity index (χ4v) is 6.52. The molecular weight excluding hydrogens is 658 g/mol. The van der Waals surface area contributed by atoms with Crippen LogP contribution in [0.1, 0.15) is 30.0 Å². The summed E-state index contributed by atoms with van der Waals surface area (Å²) in [5, 5.41) is 2.10. The minimum Gasteiger partial charge on any atom is -0.354 e. The highest BCUT2D eigenvalue weighted by molar-refractivity contribution is 7.92. The maximum Gasteiger partial charge on any atom is 0.417 e. The molecule has 1 atom stereocenters. The van der Waals surface area contributed by atoms with Crippen molar-refractivity contribution in [1.82, 2.24) is 10.2 Å². The largest absolute Gasteiger partial charge is 0.417 e. The van der Waals surface area contributed by atoms with Crippen LogP contribution in [-0.4, -0.2) is 44.3 Å². The number of sulfonamides is 1. The van der Waals surface area contributed by atoms with Crippen LogP contribution in [0.3, 0.4) is 0 Å². The lowest BCUT2D eigenvalue weighted by molar-refractivity contribution is -0.140. The molecule has 13 heteroatoms. The molecule has 7 nitrogen and oxygen atoms in total. The van der Waals surface area contributed by atoms with Gasteiger partial charge in [-0.3, -0.25) is 13.9 Å². The first-order valence-electron chi connectivity index (χ1n) is 14.6. The van der Waals surface area contributed by atoms with Gasteiger partial charge in [-0.1, -0.05) is 85.3 Å². The number of halogens is 5. The molecule has 0 saturated heterocycles. The Hall–Kier alpha value is -4.42. The van der Waals surface area contributed by atoms with Crippen molar-refractivity contribution in [2.24, 2.45) is 0 Å². The number of benzene rings is 4. The van der Waals surface area contributed by atoms with Gasteiger partial charge in [-0.25, -0.2) is 12.8 Å². The van der Waals surface area contributed by atoms with Crippen LogP contribution in [0.15, 0.2) is 108 Å². The maximum absolute atomic E-state index is 15.0. The van der Waals surface area contributed by atoms with Crippen LogP contribution >= 0.6 is 11.6 Å². The number of anilines is 1. The summed E-state index contributed by atoms with van der Waals surface area (Å²) < 4.78 is 85.1. The van der Waals surface area contributed by atoms with Gasteiger partial charge >= 0.3 is 6.18 Å². The molecule has 47 heavy (non-hydrogen) atoms. The smallest absolute Gasteiger partial charge is 0.354 e. The zero-order valence-electron chi connectivity index (χ0n) is 25.3. The molecule has 0 aliphatic heterocycles. The summed E-state index contributed by atoms with van der Waals surface area (Å²) >= 11 is 5.83. The van der Waals surface area contributed by atoms with Crippen molar-refractivity contribution in [3.63, 3.8) is 0 Å². The van der Waals surface area contributed by atoms with E-state index in [4.69, 9.17) is 11.6 Å². The molecule has 0 aliphatic carbocycles. The lowest BCUT2D eigenvalue weighted by atomic mass is 10.0. The van der Waals surface area contributed by atoms with Crippen LogP contribution in [0.2, 0.25) is 5.02 Å². The molecule has 0 bridgehead atoms. The van der Waals surface area contributed by atoms with Gasteiger partial charge in [0.25, 0.3) is 10.0 Å². The SMILES string of the molecule is CCCNC(=O)[C@@H](Cc1ccccc1)N(Cc1ccccc1F)C(=O)CN(c1ccc(Cl)c(C(F)(F)F)c1)S(=O)(=O)c1ccccc1. The molecule has 248 valence electrons. The zero-order chi connectivity index (χ0) is 34.2. The summed E-state index contributed by atoms with van der Waals surface area (Å²) in [6.07, 6.45) is -4.37. The fourth-order valence-electron chi connectivity index (χ4n) is 4.86. The highest BCUT2D eigenvalue weighted by Gasteiger charge is 2.37. The first-order chi connectivity index (χ1) is 22.3. The molecule has 0 fully saturated rings. The molecule has 0 saturated carbocycles. The van der Waals surface area contributed by atoms with E-state index in [1.54, 1.807) is 42.5 Å². The van der Waals surface area contributed by atoms with Gasteiger partial charge in [0, 0.05) is 25.1 Å². The second kappa shape index (κ2) is 15.4. The Morgan fingerprint density at radius 1 is 0.894 bits per heavy atom. The third-order valence-corrected chi connectivity index (χ3v) is 9.39. The van der Waals surface area contributed by atoms with Crippen LogP contribution in [0.25, 0.3) is 0 Å². The van der Waals surface area contributed by atoms with Gasteiger partial charge in [-0.15, -0.1) is 0 Å². The van der Waals surface area contributed by atoms with E-state index in [0.717, 1.165) is 17.0 Å². The number of amides is 2. The molecule has 0 radical (unpaired) electrons. The number of carbonyl (C=O) groups excluding carboxylic acids is 2. The number of alkyl halides is 3. The van der Waals surface area contributed by atoms with Crippen molar-refractivity contribution >= 4 is 39.1 Å². The van der Waals surface area contributed by atoms with Crippen LogP contribution in [0, 0.1) is 5.82 Å². The Morgan fingerprint density at radius 2 is 1.51 bits per heavy atom. The predicted octanol–water partition coefficient (Wildman–Crippen LogP) is 6.86. The van der Waals surface area contributed by atoms with Gasteiger partial charge in [0.15, 0.2) is 0 Å². The Balaban J connectivity index is 1.86. The lowest BCUT2D eigenvalue weighted by Crippen LogP contribution is -2.53. The van der Waals surface area contributed by atoms with Gasteiger partial charge in [0.1, 0.15) is 18.4 Å². The second-order valence-corrected chi connectivity index (χ2v) is 12.9. The number of carbonyl (C=O) groups is 2. The third kappa shape index (κ3) is 8.89. The van der Waals surface area contributed by atoms with E-state index in [-0.39, 0.29) is 23.4 Å². The monoisotopic (exact) mass is 689 g/mol. The number of nitrogens with one attached hydrogen (secondary N) is 1. The van der Waals surface area contributed by atoms with E-state index in [1.807, 2.05) is 6.92 Å². The molecule has 1 N–H and O–H groups in total. The zero-order valence-corrected chi connectivity index (χ0v) is 26.8. The molecule has 4 aromatic rings. The average Bonchev–Trinajstić information content (AvgIpc) is 3.05. The minimum absolute atomic E-state index is 0.0127. The fraction of sp³-hybridized carbons (Fsp3) is 0.235. The summed E-state index contributed by atoms with van der Waals surface area (Å²) in [5.74, 6) is -2.19. The van der Waals surface area contributed by atoms with E-state index in [9.17, 15) is 35.6 Å². The van der Waals surface area contributed by atoms with Gasteiger partial charge in [0.2, 0.25) is 11.8 Å². The highest BCUT2D eigenvalue weighted by Crippen LogP contribution is 2.38. The predicted molar refractivity (Wildman–Crippen MR) is 172 cm³/mol. The highest BCUT2D eigenvalue weighted by atomic mass is 35.5. The van der Waals surface area contributed by atoms with E-state index in [1.165, 1.54) is 42.5 Å². The average molecular weight is 690 g/mol. The normalized spacial score (nSPS) is 12.3. The van der Waals surface area contributed by atoms with Crippen molar-refractivity contribution in [3.05, 3.63) is 131 Å². The van der Waals surface area contributed by atoms with E-state index in [2.05, 4.69) is 5.32 Å². The van der Waals surface area contributed by atoms with E-state index < -0.39 is 69.2 Å². The van der Waals surface area contributed by atoms with Gasteiger partial charge < -0.3 is 10.2 Å². The van der Waals surface area contributed by atoms with Crippen molar-refractivity contribution in [1.29, 1.82) is 0 Å². The molecular formula is C34H32ClF4N3O4S. The van der Waals surface area contributed by atoms with Gasteiger partial charge in [0.05, 0.1) is 21.2 Å². The Bertz CT molecular complexity index is 1790. The molecule has 0 spiro atoms. The quantitative estimate of drug-likeness (QED) is 0.156. The van der Waals surface area contributed by atoms with Crippen molar-refractivity contribution < 1.29 is 35.6 Å². The van der Waals surface area contributed by atoms with Gasteiger partial charge in [-0.2, -0.15) is 13.2 Å². The first-order valence-corrected chi connectivity index (χ1v) is 16.4. The number of rotatable bonds is 13. The van der Waals surface area contributed by atoms with Crippen LogP contribution in [0.5, 0.6) is 0 Å². The van der Waals surface area contributed by atoms with E-state index in [0.29, 0.717) is 22.4 Å². The van der Waals surface area contributed by atoms with Crippen LogP contribution in [0.4, 0.5) is 23.2 Å². The Labute approximate surface area is 275 Å². The third-order valence-electron chi connectivity index (χ3n) is 7.27. The van der Waals surface area contributed by atoms with Crippen molar-refractivity contribution in [2.75, 3.05) is 17.4 Å². The maximum atomic E-state index is 15.0. The standard InChI is InChI=1S/C34H32ClF4N3O4S/c1-2-19-40-33(44)31(20-24-11-5-3-6-12-24)41(22-25-13-9-10-16-30(25)36)32(43)23-42(47(45,46)27-14-7-4-8-15-27)26-17-18-29(35)28(21-26)34(37,38)39/h3-18,21,31H,2,19-20,22-23H2,1H3,(H,40,44)/t31-/m1/s1. The Kier molecular flexibility index (Phi) is 11.6. The number of nitrogens with zero attached hydrogens (tertiary/aromatic N) is 2. The van der Waals surface area contributed by atoms with Gasteiger partial charge in [-0.05, 0) is 48.4 Å². The summed E-state index contributed by atoms with van der Waals surface area (Å²) in [6, 6.07) is 22.5. The van der Waals surface area contributed by atoms with Crippen LogP contribution < -0.4 is 9.62 Å². The summed E-state index contributed by atoms with van der Waals surface area (Å²) in [7, 11) is -4.66. The molecule has 0 heterocycles. The number of hydrogen-bond acceptors (Lipinski definition) is 4. The minimum atomic E-state index is -4.94. The molecule has 0 aliphatic rings.